The highest BCUT2D eigenvalue weighted by Gasteiger charge is 2.17. The largest absolute Gasteiger partial charge is 0.428 e. The molecule has 0 fully saturated rings. The second kappa shape index (κ2) is 9.90. The maximum atomic E-state index is 10.8. The van der Waals surface area contributed by atoms with Crippen molar-refractivity contribution in [2.24, 2.45) is 0 Å². The summed E-state index contributed by atoms with van der Waals surface area (Å²) in [5.41, 5.74) is 0. The van der Waals surface area contributed by atoms with Crippen molar-refractivity contribution in [3.05, 3.63) is 29.3 Å². The van der Waals surface area contributed by atoms with E-state index >= 15 is 0 Å². The molecule has 0 aliphatic heterocycles. The van der Waals surface area contributed by atoms with Gasteiger partial charge in [-0.15, -0.1) is 0 Å². The summed E-state index contributed by atoms with van der Waals surface area (Å²) >= 11 is 16.0. The number of hydrogen-bond acceptors (Lipinski definition) is 3. The van der Waals surface area contributed by atoms with Crippen molar-refractivity contribution >= 4 is 40.2 Å². The Morgan fingerprint density at radius 3 is 1.89 bits per heavy atom. The lowest BCUT2D eigenvalue weighted by Gasteiger charge is -2.13. The van der Waals surface area contributed by atoms with Crippen LogP contribution < -0.4 is 4.52 Å². The highest BCUT2D eigenvalue weighted by molar-refractivity contribution is 8.05. The number of rotatable bonds is 5. The van der Waals surface area contributed by atoms with Gasteiger partial charge in [-0.3, -0.25) is 0 Å². The van der Waals surface area contributed by atoms with E-state index in [2.05, 4.69) is 30.2 Å². The Labute approximate surface area is 129 Å². The molecular formula is C12H19Cl3NO2P. The molecule has 0 unspecified atom stereocenters. The van der Waals surface area contributed by atoms with Crippen LogP contribution in [0.4, 0.5) is 0 Å². The molecule has 3 nitrogen and oxygen atoms in total. The lowest BCUT2D eigenvalue weighted by Crippen LogP contribution is -2.21. The summed E-state index contributed by atoms with van der Waals surface area (Å²) in [6.45, 7) is 10.1. The Morgan fingerprint density at radius 1 is 1.11 bits per heavy atom. The van der Waals surface area contributed by atoms with Crippen molar-refractivity contribution in [1.29, 1.82) is 0 Å². The molecule has 0 N–H and O–H groups in total. The molecule has 1 aromatic carbocycles. The van der Waals surface area contributed by atoms with Gasteiger partial charge in [0.05, 0.1) is 5.02 Å². The average molecular weight is 347 g/mol. The third-order valence-electron chi connectivity index (χ3n) is 2.38. The van der Waals surface area contributed by atoms with Crippen LogP contribution in [0.15, 0.2) is 24.3 Å². The Balaban J connectivity index is 0.000000399. The molecule has 0 spiro atoms. The monoisotopic (exact) mass is 345 g/mol. The summed E-state index contributed by atoms with van der Waals surface area (Å²) in [4.78, 5) is 2.38. The van der Waals surface area contributed by atoms with Crippen molar-refractivity contribution in [2.75, 3.05) is 19.6 Å². The summed E-state index contributed by atoms with van der Waals surface area (Å²) < 4.78 is 15.5. The number of benzene rings is 1. The van der Waals surface area contributed by atoms with E-state index in [1.54, 1.807) is 18.2 Å². The van der Waals surface area contributed by atoms with Crippen LogP contribution in [-0.2, 0) is 4.57 Å². The topological polar surface area (TPSA) is 29.5 Å². The standard InChI is InChI=1S/C6H4Cl3O2P.C6H15N/c7-5-3-1-2-4-6(5)11-12(8,9)10;1-4-7(5-2)6-3/h1-4H;4-6H2,1-3H3. The van der Waals surface area contributed by atoms with Gasteiger partial charge < -0.3 is 9.42 Å². The fourth-order valence-corrected chi connectivity index (χ4v) is 2.37. The highest BCUT2D eigenvalue weighted by Crippen LogP contribution is 2.57. The van der Waals surface area contributed by atoms with Crippen LogP contribution in [0.5, 0.6) is 5.75 Å². The van der Waals surface area contributed by atoms with Gasteiger partial charge in [-0.25, -0.2) is 4.57 Å². The van der Waals surface area contributed by atoms with Crippen LogP contribution in [-0.4, -0.2) is 24.5 Å². The molecule has 0 heterocycles. The first-order valence-electron chi connectivity index (χ1n) is 5.99. The van der Waals surface area contributed by atoms with Crippen molar-refractivity contribution in [3.8, 4) is 5.75 Å². The lowest BCUT2D eigenvalue weighted by molar-refractivity contribution is 0.321. The van der Waals surface area contributed by atoms with Gasteiger partial charge in [0.2, 0.25) is 0 Å². The first-order valence-corrected chi connectivity index (χ1v) is 9.81. The summed E-state index contributed by atoms with van der Waals surface area (Å²) in [6.07, 6.45) is -3.55. The van der Waals surface area contributed by atoms with Crippen molar-refractivity contribution in [3.63, 3.8) is 0 Å². The van der Waals surface area contributed by atoms with E-state index < -0.39 is 6.07 Å². The fraction of sp³-hybridized carbons (Fsp3) is 0.500. The van der Waals surface area contributed by atoms with Gasteiger partial charge in [0.25, 0.3) is 0 Å². The zero-order valence-corrected chi connectivity index (χ0v) is 14.4. The zero-order valence-electron chi connectivity index (χ0n) is 11.3. The molecule has 0 atom stereocenters. The van der Waals surface area contributed by atoms with E-state index in [-0.39, 0.29) is 5.75 Å². The van der Waals surface area contributed by atoms with Gasteiger partial charge in [-0.1, -0.05) is 44.5 Å². The molecule has 0 aliphatic rings. The van der Waals surface area contributed by atoms with Gasteiger partial charge in [0.1, 0.15) is 5.75 Å². The quantitative estimate of drug-likeness (QED) is 0.645. The van der Waals surface area contributed by atoms with Crippen molar-refractivity contribution in [2.45, 2.75) is 20.8 Å². The van der Waals surface area contributed by atoms with Crippen LogP contribution in [0.2, 0.25) is 5.02 Å². The van der Waals surface area contributed by atoms with Crippen LogP contribution >= 0.6 is 40.2 Å². The Hall–Kier alpha value is 0.0800. The summed E-state index contributed by atoms with van der Waals surface area (Å²) in [5.74, 6) is 0.215. The van der Waals surface area contributed by atoms with Crippen molar-refractivity contribution < 1.29 is 9.09 Å². The zero-order chi connectivity index (χ0) is 14.9. The Bertz CT molecular complexity index is 402. The molecule has 0 aliphatic carbocycles. The average Bonchev–Trinajstić information content (AvgIpc) is 2.34. The van der Waals surface area contributed by atoms with Crippen LogP contribution in [0.1, 0.15) is 20.8 Å². The molecule has 1 rings (SSSR count). The molecule has 0 bridgehead atoms. The van der Waals surface area contributed by atoms with Crippen LogP contribution in [0, 0.1) is 0 Å². The van der Waals surface area contributed by atoms with Gasteiger partial charge in [0, 0.05) is 22.5 Å². The molecule has 7 heteroatoms. The van der Waals surface area contributed by atoms with E-state index in [9.17, 15) is 4.57 Å². The number of halogens is 3. The van der Waals surface area contributed by atoms with Crippen LogP contribution in [0.25, 0.3) is 0 Å². The van der Waals surface area contributed by atoms with E-state index in [0.717, 1.165) is 0 Å². The van der Waals surface area contributed by atoms with E-state index in [1.165, 1.54) is 25.7 Å². The minimum absolute atomic E-state index is 0.215. The van der Waals surface area contributed by atoms with Crippen LogP contribution in [0.3, 0.4) is 0 Å². The first kappa shape index (κ1) is 19.1. The predicted octanol–water partition coefficient (Wildman–Crippen LogP) is 5.65. The Kier molecular flexibility index (Phi) is 9.94. The highest BCUT2D eigenvalue weighted by atomic mass is 35.9. The van der Waals surface area contributed by atoms with E-state index in [1.807, 2.05) is 0 Å². The summed E-state index contributed by atoms with van der Waals surface area (Å²) in [7, 11) is 0. The summed E-state index contributed by atoms with van der Waals surface area (Å²) in [6, 6.07) is 6.49. The fourth-order valence-electron chi connectivity index (χ4n) is 1.30. The normalized spacial score (nSPS) is 10.9. The minimum atomic E-state index is -3.55. The first-order chi connectivity index (χ1) is 8.84. The SMILES string of the molecule is CCN(CC)CC.O=P(Cl)(Cl)Oc1ccccc1Cl. The van der Waals surface area contributed by atoms with Gasteiger partial charge in [-0.2, -0.15) is 0 Å². The molecule has 0 saturated carbocycles. The second-order valence-corrected chi connectivity index (χ2v) is 8.16. The third kappa shape index (κ3) is 9.59. The molecule has 1 aromatic rings. The van der Waals surface area contributed by atoms with Gasteiger partial charge in [-0.05, 0) is 31.8 Å². The molecule has 19 heavy (non-hydrogen) atoms. The third-order valence-corrected chi connectivity index (χ3v) is 3.52. The Morgan fingerprint density at radius 2 is 1.58 bits per heavy atom. The molecule has 0 radical (unpaired) electrons. The van der Waals surface area contributed by atoms with Gasteiger partial charge in [0.15, 0.2) is 0 Å². The predicted molar refractivity (Wildman–Crippen MR) is 84.9 cm³/mol. The number of para-hydroxylation sites is 1. The number of hydrogen-bond donors (Lipinski definition) is 0. The molecule has 110 valence electrons. The van der Waals surface area contributed by atoms with E-state index in [4.69, 9.17) is 34.1 Å². The van der Waals surface area contributed by atoms with Crippen molar-refractivity contribution in [1.82, 2.24) is 4.90 Å². The van der Waals surface area contributed by atoms with E-state index in [0.29, 0.717) is 5.02 Å². The summed E-state index contributed by atoms with van der Waals surface area (Å²) in [5, 5.41) is 0.319. The molecule has 0 amide bonds. The minimum Gasteiger partial charge on any atom is -0.421 e. The molecule has 0 aromatic heterocycles. The van der Waals surface area contributed by atoms with Gasteiger partial charge >= 0.3 is 6.07 Å². The maximum absolute atomic E-state index is 10.8. The molecular weight excluding hydrogens is 327 g/mol. The smallest absolute Gasteiger partial charge is 0.421 e. The molecule has 0 saturated heterocycles. The number of nitrogens with zero attached hydrogens (tertiary/aromatic N) is 1. The second-order valence-electron chi connectivity index (χ2n) is 3.56. The lowest BCUT2D eigenvalue weighted by atomic mass is 10.3. The maximum Gasteiger partial charge on any atom is 0.428 e.